The number of benzene rings is 1. The number of fused-ring (bicyclic) bond motifs is 2. The third kappa shape index (κ3) is 3.43. The van der Waals surface area contributed by atoms with Crippen LogP contribution in [0.4, 0.5) is 0 Å². The van der Waals surface area contributed by atoms with Gasteiger partial charge in [0.25, 0.3) is 0 Å². The minimum absolute atomic E-state index is 0.105. The molecule has 2 bridgehead atoms. The van der Waals surface area contributed by atoms with Crippen molar-refractivity contribution >= 4 is 5.91 Å². The molecular weight excluding hydrogens is 326 g/mol. The molecule has 0 N–H and O–H groups in total. The lowest BCUT2D eigenvalue weighted by atomic mass is 9.69. The number of ether oxygens (including phenoxy) is 2. The highest BCUT2D eigenvalue weighted by molar-refractivity contribution is 5.81. The van der Waals surface area contributed by atoms with Crippen LogP contribution in [0.15, 0.2) is 18.2 Å². The average molecular weight is 357 g/mol. The summed E-state index contributed by atoms with van der Waals surface area (Å²) in [6.45, 7) is 0.941. The van der Waals surface area contributed by atoms with Crippen LogP contribution in [0.3, 0.4) is 0 Å². The summed E-state index contributed by atoms with van der Waals surface area (Å²) in [6, 6.07) is 6.45. The number of rotatable bonds is 5. The topological polar surface area (TPSA) is 38.8 Å². The van der Waals surface area contributed by atoms with Gasteiger partial charge in [-0.3, -0.25) is 4.79 Å². The summed E-state index contributed by atoms with van der Waals surface area (Å²) in [4.78, 5) is 15.4. The largest absolute Gasteiger partial charge is 0.497 e. The monoisotopic (exact) mass is 357 g/mol. The Morgan fingerprint density at radius 1 is 1.00 bits per heavy atom. The molecule has 0 aromatic heterocycles. The maximum Gasteiger partial charge on any atom is 0.226 e. The molecule has 1 heterocycles. The van der Waals surface area contributed by atoms with Crippen LogP contribution in [0, 0.1) is 17.8 Å². The summed E-state index contributed by atoms with van der Waals surface area (Å²) in [7, 11) is 3.34. The number of carbonyl (C=O) groups is 1. The first-order valence-electron chi connectivity index (χ1n) is 10.2. The Kier molecular flexibility index (Phi) is 5.10. The molecule has 1 aliphatic heterocycles. The van der Waals surface area contributed by atoms with Crippen LogP contribution in [0.2, 0.25) is 0 Å². The second kappa shape index (κ2) is 7.50. The summed E-state index contributed by atoms with van der Waals surface area (Å²) < 4.78 is 10.7. The Hall–Kier alpha value is -1.71. The standard InChI is InChI=1S/C22H31NO3/c1-25-19-12-16(13-20(14-19)26-2)11-18-8-9-23(22(18)24)21-7-6-15-4-3-5-17(21)10-15/h12-15,17-18,21H,3-11H2,1-2H3. The number of likely N-dealkylation sites (tertiary alicyclic amines) is 1. The molecule has 1 amide bonds. The zero-order valence-corrected chi connectivity index (χ0v) is 16.1. The van der Waals surface area contributed by atoms with Gasteiger partial charge >= 0.3 is 0 Å². The molecule has 3 fully saturated rings. The van der Waals surface area contributed by atoms with Gasteiger partial charge in [0.1, 0.15) is 11.5 Å². The summed E-state index contributed by atoms with van der Waals surface area (Å²) in [5, 5.41) is 0. The van der Waals surface area contributed by atoms with E-state index in [2.05, 4.69) is 4.90 Å². The van der Waals surface area contributed by atoms with E-state index in [1.54, 1.807) is 14.2 Å². The minimum Gasteiger partial charge on any atom is -0.497 e. The molecule has 1 aromatic rings. The molecule has 4 unspecified atom stereocenters. The van der Waals surface area contributed by atoms with Crippen molar-refractivity contribution in [2.24, 2.45) is 17.8 Å². The lowest BCUT2D eigenvalue weighted by molar-refractivity contribution is -0.135. The fraction of sp³-hybridized carbons (Fsp3) is 0.682. The molecule has 4 atom stereocenters. The van der Waals surface area contributed by atoms with Crippen molar-refractivity contribution in [1.29, 1.82) is 0 Å². The first kappa shape index (κ1) is 17.7. The summed E-state index contributed by atoms with van der Waals surface area (Å²) >= 11 is 0. The maximum absolute atomic E-state index is 13.1. The van der Waals surface area contributed by atoms with Crippen LogP contribution >= 0.6 is 0 Å². The van der Waals surface area contributed by atoms with Gasteiger partial charge in [0, 0.05) is 24.6 Å². The van der Waals surface area contributed by atoms with E-state index in [4.69, 9.17) is 9.47 Å². The third-order valence-electron chi connectivity index (χ3n) is 6.88. The summed E-state index contributed by atoms with van der Waals surface area (Å²) in [5.74, 6) is 3.75. The molecule has 0 spiro atoms. The van der Waals surface area contributed by atoms with Crippen LogP contribution in [0.25, 0.3) is 0 Å². The second-order valence-electron chi connectivity index (χ2n) is 8.38. The van der Waals surface area contributed by atoms with E-state index in [-0.39, 0.29) is 5.92 Å². The van der Waals surface area contributed by atoms with Crippen molar-refractivity contribution in [2.45, 2.75) is 57.4 Å². The Balaban J connectivity index is 1.44. The lowest BCUT2D eigenvalue weighted by Gasteiger charge is -2.44. The Bertz CT molecular complexity index is 637. The molecule has 2 saturated carbocycles. The van der Waals surface area contributed by atoms with Gasteiger partial charge in [-0.1, -0.05) is 12.8 Å². The first-order valence-corrected chi connectivity index (χ1v) is 10.2. The molecule has 3 aliphatic rings. The van der Waals surface area contributed by atoms with Gasteiger partial charge in [0.15, 0.2) is 0 Å². The van der Waals surface area contributed by atoms with Gasteiger partial charge in [0.05, 0.1) is 14.2 Å². The highest BCUT2D eigenvalue weighted by Crippen LogP contribution is 2.43. The van der Waals surface area contributed by atoms with E-state index in [9.17, 15) is 4.79 Å². The van der Waals surface area contributed by atoms with Crippen LogP contribution in [-0.2, 0) is 11.2 Å². The molecule has 4 rings (SSSR count). The van der Waals surface area contributed by atoms with Crippen molar-refractivity contribution in [3.05, 3.63) is 23.8 Å². The molecule has 0 radical (unpaired) electrons. The van der Waals surface area contributed by atoms with Crippen molar-refractivity contribution in [3.63, 3.8) is 0 Å². The number of hydrogen-bond acceptors (Lipinski definition) is 3. The molecule has 1 saturated heterocycles. The van der Waals surface area contributed by atoms with Crippen LogP contribution in [-0.4, -0.2) is 37.6 Å². The Morgan fingerprint density at radius 2 is 1.77 bits per heavy atom. The zero-order chi connectivity index (χ0) is 18.1. The average Bonchev–Trinajstić information content (AvgIpc) is 3.02. The fourth-order valence-electron chi connectivity index (χ4n) is 5.55. The van der Waals surface area contributed by atoms with Gasteiger partial charge in [-0.2, -0.15) is 0 Å². The van der Waals surface area contributed by atoms with E-state index >= 15 is 0 Å². The van der Waals surface area contributed by atoms with Crippen molar-refractivity contribution in [2.75, 3.05) is 20.8 Å². The Morgan fingerprint density at radius 3 is 2.50 bits per heavy atom. The third-order valence-corrected chi connectivity index (χ3v) is 6.88. The first-order chi connectivity index (χ1) is 12.7. The summed E-state index contributed by atoms with van der Waals surface area (Å²) in [5.41, 5.74) is 1.13. The van der Waals surface area contributed by atoms with E-state index in [1.165, 1.54) is 38.5 Å². The summed E-state index contributed by atoms with van der Waals surface area (Å²) in [6.07, 6.45) is 9.75. The number of hydrogen-bond donors (Lipinski definition) is 0. The minimum atomic E-state index is 0.105. The van der Waals surface area contributed by atoms with Crippen LogP contribution in [0.1, 0.15) is 50.5 Å². The molecular formula is C22H31NO3. The Labute approximate surface area is 156 Å². The van der Waals surface area contributed by atoms with Crippen LogP contribution in [0.5, 0.6) is 11.5 Å². The predicted molar refractivity (Wildman–Crippen MR) is 102 cm³/mol. The number of nitrogens with zero attached hydrogens (tertiary/aromatic N) is 1. The molecule has 4 nitrogen and oxygen atoms in total. The highest BCUT2D eigenvalue weighted by atomic mass is 16.5. The van der Waals surface area contributed by atoms with Crippen molar-refractivity contribution < 1.29 is 14.3 Å². The normalized spacial score (nSPS) is 31.2. The van der Waals surface area contributed by atoms with E-state index in [0.717, 1.165) is 48.3 Å². The zero-order valence-electron chi connectivity index (χ0n) is 16.1. The van der Waals surface area contributed by atoms with E-state index in [0.29, 0.717) is 11.9 Å². The van der Waals surface area contributed by atoms with Gasteiger partial charge in [-0.15, -0.1) is 0 Å². The quantitative estimate of drug-likeness (QED) is 0.797. The fourth-order valence-corrected chi connectivity index (χ4v) is 5.55. The van der Waals surface area contributed by atoms with E-state index in [1.807, 2.05) is 18.2 Å². The number of methoxy groups -OCH3 is 2. The van der Waals surface area contributed by atoms with Crippen LogP contribution < -0.4 is 9.47 Å². The molecule has 1 aromatic carbocycles. The molecule has 4 heteroatoms. The van der Waals surface area contributed by atoms with Gasteiger partial charge in [-0.05, 0) is 68.1 Å². The lowest BCUT2D eigenvalue weighted by Crippen LogP contribution is -2.46. The molecule has 26 heavy (non-hydrogen) atoms. The number of carbonyl (C=O) groups excluding carboxylic acids is 1. The van der Waals surface area contributed by atoms with Gasteiger partial charge < -0.3 is 14.4 Å². The maximum atomic E-state index is 13.1. The molecule has 142 valence electrons. The van der Waals surface area contributed by atoms with Gasteiger partial charge in [-0.25, -0.2) is 0 Å². The van der Waals surface area contributed by atoms with Gasteiger partial charge in [0.2, 0.25) is 5.91 Å². The molecule has 2 aliphatic carbocycles. The van der Waals surface area contributed by atoms with Crippen molar-refractivity contribution in [1.82, 2.24) is 4.90 Å². The smallest absolute Gasteiger partial charge is 0.226 e. The number of amides is 1. The second-order valence-corrected chi connectivity index (χ2v) is 8.38. The SMILES string of the molecule is COc1cc(CC2CCN(C3CCC4CCCC3C4)C2=O)cc(OC)c1. The van der Waals surface area contributed by atoms with Crippen molar-refractivity contribution in [3.8, 4) is 11.5 Å². The highest BCUT2D eigenvalue weighted by Gasteiger charge is 2.42. The predicted octanol–water partition coefficient (Wildman–Crippen LogP) is 4.06. The van der Waals surface area contributed by atoms with E-state index < -0.39 is 0 Å².